The van der Waals surface area contributed by atoms with Crippen molar-refractivity contribution in [1.82, 2.24) is 0 Å². The number of hydrogen-bond acceptors (Lipinski definition) is 4. The van der Waals surface area contributed by atoms with Crippen LogP contribution in [-0.2, 0) is 0 Å². The third-order valence-electron chi connectivity index (χ3n) is 4.66. The molecule has 0 aromatic heterocycles. The number of hydrogen-bond donors (Lipinski definition) is 2. The van der Waals surface area contributed by atoms with E-state index in [0.717, 1.165) is 42.6 Å². The maximum atomic E-state index is 4.30. The third kappa shape index (κ3) is 6.39. The van der Waals surface area contributed by atoms with Gasteiger partial charge in [0, 0.05) is 8.95 Å². The van der Waals surface area contributed by atoms with E-state index in [4.69, 9.17) is 0 Å². The normalized spacial score (nSPS) is 11.2. The molecule has 0 atom stereocenters. The van der Waals surface area contributed by atoms with Crippen molar-refractivity contribution in [3.05, 3.63) is 117 Å². The lowest BCUT2D eigenvalue weighted by atomic mass is 10.0. The van der Waals surface area contributed by atoms with Gasteiger partial charge in [-0.05, 0) is 70.8 Å². The van der Waals surface area contributed by atoms with Gasteiger partial charge >= 0.3 is 0 Å². The fourth-order valence-corrected chi connectivity index (χ4v) is 3.46. The quantitative estimate of drug-likeness (QED) is 0.183. The van der Waals surface area contributed by atoms with Crippen LogP contribution >= 0.6 is 31.9 Å². The number of nitrogens with zero attached hydrogens (tertiary/aromatic N) is 2. The monoisotopic (exact) mass is 546 g/mol. The fraction of sp³-hybridized carbons (Fsp3) is 0. The lowest BCUT2D eigenvalue weighted by molar-refractivity contribution is 1.35. The maximum Gasteiger partial charge on any atom is 0.0562 e. The molecule has 2 N–H and O–H groups in total. The lowest BCUT2D eigenvalue weighted by Gasteiger charge is -2.04. The van der Waals surface area contributed by atoms with Gasteiger partial charge in [0.1, 0.15) is 0 Å². The van der Waals surface area contributed by atoms with Gasteiger partial charge in [0.25, 0.3) is 0 Å². The van der Waals surface area contributed by atoms with Crippen LogP contribution in [0.5, 0.6) is 0 Å². The largest absolute Gasteiger partial charge is 0.279 e. The molecule has 0 heterocycles. The predicted octanol–water partition coefficient (Wildman–Crippen LogP) is 7.77. The first-order valence-corrected chi connectivity index (χ1v) is 11.5. The van der Waals surface area contributed by atoms with Crippen LogP contribution in [0, 0.1) is 0 Å². The summed E-state index contributed by atoms with van der Waals surface area (Å²) in [5.41, 5.74) is 12.3. The Morgan fingerprint density at radius 2 is 0.812 bits per heavy atom. The summed E-state index contributed by atoms with van der Waals surface area (Å²) in [7, 11) is 0. The Kier molecular flexibility index (Phi) is 7.48. The van der Waals surface area contributed by atoms with E-state index < -0.39 is 0 Å². The summed E-state index contributed by atoms with van der Waals surface area (Å²) >= 11 is 6.85. The molecule has 158 valence electrons. The number of halogens is 2. The molecule has 0 aliphatic carbocycles. The van der Waals surface area contributed by atoms with Gasteiger partial charge < -0.3 is 0 Å². The SMILES string of the molecule is Brc1ccc(N/N=C/c2ccc(-c3ccc(/C=N/Nc4ccc(Br)cc4)cc3)cc2)cc1. The first kappa shape index (κ1) is 22.0. The van der Waals surface area contributed by atoms with E-state index in [-0.39, 0.29) is 0 Å². The molecule has 0 aliphatic rings. The van der Waals surface area contributed by atoms with Gasteiger partial charge in [-0.3, -0.25) is 10.9 Å². The molecule has 0 unspecified atom stereocenters. The first-order valence-electron chi connectivity index (χ1n) is 9.95. The predicted molar refractivity (Wildman–Crippen MR) is 143 cm³/mol. The van der Waals surface area contributed by atoms with Crippen molar-refractivity contribution in [2.75, 3.05) is 10.9 Å². The Labute approximate surface area is 204 Å². The van der Waals surface area contributed by atoms with Gasteiger partial charge in [-0.15, -0.1) is 0 Å². The first-order chi connectivity index (χ1) is 15.7. The van der Waals surface area contributed by atoms with Gasteiger partial charge in [0.2, 0.25) is 0 Å². The van der Waals surface area contributed by atoms with Crippen molar-refractivity contribution < 1.29 is 0 Å². The Bertz CT molecular complexity index is 1100. The Balaban J connectivity index is 1.33. The summed E-state index contributed by atoms with van der Waals surface area (Å²) < 4.78 is 2.08. The number of anilines is 2. The average Bonchev–Trinajstić information content (AvgIpc) is 2.83. The van der Waals surface area contributed by atoms with Crippen LogP contribution in [0.2, 0.25) is 0 Å². The molecule has 0 bridgehead atoms. The second-order valence-electron chi connectivity index (χ2n) is 7.00. The molecule has 0 fully saturated rings. The maximum absolute atomic E-state index is 4.30. The molecule has 0 aliphatic heterocycles. The van der Waals surface area contributed by atoms with Crippen LogP contribution in [-0.4, -0.2) is 12.4 Å². The van der Waals surface area contributed by atoms with Crippen LogP contribution in [0.3, 0.4) is 0 Å². The molecule has 4 aromatic rings. The summed E-state index contributed by atoms with van der Waals surface area (Å²) in [5.74, 6) is 0. The molecule has 0 radical (unpaired) electrons. The summed E-state index contributed by atoms with van der Waals surface area (Å²) in [6.07, 6.45) is 3.62. The minimum absolute atomic E-state index is 0.941. The van der Waals surface area contributed by atoms with Crippen molar-refractivity contribution in [2.24, 2.45) is 10.2 Å². The highest BCUT2D eigenvalue weighted by atomic mass is 79.9. The van der Waals surface area contributed by atoms with E-state index >= 15 is 0 Å². The van der Waals surface area contributed by atoms with Crippen LogP contribution in [0.15, 0.2) is 116 Å². The highest BCUT2D eigenvalue weighted by Gasteiger charge is 1.98. The molecule has 0 saturated carbocycles. The average molecular weight is 548 g/mol. The number of benzene rings is 4. The molecule has 0 amide bonds. The summed E-state index contributed by atoms with van der Waals surface area (Å²) in [4.78, 5) is 0. The minimum Gasteiger partial charge on any atom is -0.279 e. The van der Waals surface area contributed by atoms with E-state index in [0.29, 0.717) is 0 Å². The van der Waals surface area contributed by atoms with E-state index in [1.54, 1.807) is 0 Å². The topological polar surface area (TPSA) is 48.8 Å². The zero-order valence-corrected chi connectivity index (χ0v) is 20.2. The number of nitrogens with one attached hydrogen (secondary N) is 2. The molecule has 4 nitrogen and oxygen atoms in total. The summed E-state index contributed by atoms with van der Waals surface area (Å²) in [5, 5.41) is 8.59. The molecule has 4 aromatic carbocycles. The molecule has 6 heteroatoms. The molecule has 0 saturated heterocycles. The van der Waals surface area contributed by atoms with Crippen LogP contribution < -0.4 is 10.9 Å². The van der Waals surface area contributed by atoms with Crippen LogP contribution in [0.1, 0.15) is 11.1 Å². The Morgan fingerprint density at radius 3 is 1.16 bits per heavy atom. The second kappa shape index (κ2) is 10.9. The van der Waals surface area contributed by atoms with E-state index in [2.05, 4.69) is 101 Å². The Morgan fingerprint density at radius 1 is 0.469 bits per heavy atom. The summed E-state index contributed by atoms with van der Waals surface area (Å²) in [6, 6.07) is 32.4. The lowest BCUT2D eigenvalue weighted by Crippen LogP contribution is -1.91. The number of hydrazone groups is 2. The third-order valence-corrected chi connectivity index (χ3v) is 5.72. The van der Waals surface area contributed by atoms with E-state index in [1.807, 2.05) is 61.0 Å². The van der Waals surface area contributed by atoms with Crippen LogP contribution in [0.4, 0.5) is 11.4 Å². The molecule has 32 heavy (non-hydrogen) atoms. The highest BCUT2D eigenvalue weighted by molar-refractivity contribution is 9.10. The molecular weight excluding hydrogens is 528 g/mol. The van der Waals surface area contributed by atoms with Gasteiger partial charge in [-0.25, -0.2) is 0 Å². The molecule has 0 spiro atoms. The van der Waals surface area contributed by atoms with Crippen molar-refractivity contribution >= 4 is 55.7 Å². The summed E-state index contributed by atoms with van der Waals surface area (Å²) in [6.45, 7) is 0. The van der Waals surface area contributed by atoms with Crippen molar-refractivity contribution in [3.63, 3.8) is 0 Å². The van der Waals surface area contributed by atoms with Gasteiger partial charge in [0.15, 0.2) is 0 Å². The van der Waals surface area contributed by atoms with Crippen molar-refractivity contribution in [3.8, 4) is 11.1 Å². The van der Waals surface area contributed by atoms with Gasteiger partial charge in [0.05, 0.1) is 23.8 Å². The Hall–Kier alpha value is -3.22. The molecular formula is C26H20Br2N4. The second-order valence-corrected chi connectivity index (χ2v) is 8.83. The van der Waals surface area contributed by atoms with Gasteiger partial charge in [-0.1, -0.05) is 80.4 Å². The minimum atomic E-state index is 0.941. The van der Waals surface area contributed by atoms with Crippen molar-refractivity contribution in [2.45, 2.75) is 0 Å². The standard InChI is InChI=1S/C26H20Br2N4/c27-23-9-13-25(14-10-23)31-29-17-19-1-5-21(6-2-19)22-7-3-20(4-8-22)18-30-32-26-15-11-24(28)12-16-26/h1-18,31-32H/b29-17+,30-18+. The van der Waals surface area contributed by atoms with Crippen molar-refractivity contribution in [1.29, 1.82) is 0 Å². The highest BCUT2D eigenvalue weighted by Crippen LogP contribution is 2.20. The smallest absolute Gasteiger partial charge is 0.0562 e. The number of rotatable bonds is 7. The van der Waals surface area contributed by atoms with E-state index in [9.17, 15) is 0 Å². The fourth-order valence-electron chi connectivity index (χ4n) is 2.93. The molecule has 4 rings (SSSR count). The van der Waals surface area contributed by atoms with Crippen LogP contribution in [0.25, 0.3) is 11.1 Å². The van der Waals surface area contributed by atoms with E-state index in [1.165, 1.54) is 0 Å². The zero-order valence-electron chi connectivity index (χ0n) is 17.0. The zero-order chi connectivity index (χ0) is 22.2. The van der Waals surface area contributed by atoms with Gasteiger partial charge in [-0.2, -0.15) is 10.2 Å².